The number of hydrogen-bond acceptors (Lipinski definition) is 0. The smallest absolute Gasteiger partial charge is 0.366 e. The van der Waals surface area contributed by atoms with Crippen LogP contribution < -0.4 is 31.8 Å². The van der Waals surface area contributed by atoms with Gasteiger partial charge < -0.3 is 6.42 Å². The second-order valence-electron chi connectivity index (χ2n) is 11.9. The van der Waals surface area contributed by atoms with Gasteiger partial charge in [0.1, 0.15) is 0 Å². The van der Waals surface area contributed by atoms with Crippen LogP contribution in [0.25, 0.3) is 0 Å². The molecule has 0 bridgehead atoms. The van der Waals surface area contributed by atoms with E-state index in [1.54, 1.807) is 0 Å². The minimum atomic E-state index is -0.446. The van der Waals surface area contributed by atoms with Crippen LogP contribution in [0.4, 0.5) is 0 Å². The molecule has 258 valence electrons. The molecule has 52 heavy (non-hydrogen) atoms. The molecule has 0 saturated heterocycles. The van der Waals surface area contributed by atoms with E-state index in [9.17, 15) is 0 Å². The summed E-state index contributed by atoms with van der Waals surface area (Å²) in [6.45, 7) is 0. The third-order valence-electron chi connectivity index (χ3n) is 8.25. The van der Waals surface area contributed by atoms with E-state index >= 15 is 0 Å². The molecule has 0 aliphatic heterocycles. The Morgan fingerprint density at radius 3 is 0.615 bits per heavy atom. The summed E-state index contributed by atoms with van der Waals surface area (Å²) in [5, 5.41) is 8.39. The molecule has 7 aromatic carbocycles. The van der Waals surface area contributed by atoms with Crippen molar-refractivity contribution in [3.63, 3.8) is 0 Å². The van der Waals surface area contributed by atoms with Crippen LogP contribution in [0.5, 0.6) is 0 Å². The summed E-state index contributed by atoms with van der Waals surface area (Å²) in [6, 6.07) is 74.0. The summed E-state index contributed by atoms with van der Waals surface area (Å²) in [4.78, 5) is 0. The maximum Gasteiger partial charge on any atom is 2.00 e. The fraction of sp³-hybridized carbons (Fsp3) is 0.102. The maximum absolute atomic E-state index is 6.69. The van der Waals surface area contributed by atoms with E-state index in [0.29, 0.717) is 0 Å². The van der Waals surface area contributed by atoms with Gasteiger partial charge >= 0.3 is 19.5 Å². The topological polar surface area (TPSA) is 0 Å². The van der Waals surface area contributed by atoms with Crippen LogP contribution in [0.15, 0.2) is 212 Å². The zero-order chi connectivity index (χ0) is 35.2. The van der Waals surface area contributed by atoms with Gasteiger partial charge in [-0.25, -0.2) is 0 Å². The molecule has 1 aliphatic carbocycles. The third-order valence-corrected chi connectivity index (χ3v) is 13.1. The van der Waals surface area contributed by atoms with Gasteiger partial charge in [-0.1, -0.05) is 232 Å². The normalized spacial score (nSPS) is 11.2. The van der Waals surface area contributed by atoms with Crippen LogP contribution in [-0.4, -0.2) is 0 Å². The second kappa shape index (κ2) is 23.9. The summed E-state index contributed by atoms with van der Waals surface area (Å²) in [5.41, 5.74) is 0.826. The van der Waals surface area contributed by atoms with E-state index in [1.807, 2.05) is 30.3 Å². The molecule has 8 rings (SSSR count). The molecular weight excluding hydrogens is 752 g/mol. The molecule has 1 saturated carbocycles. The largest absolute Gasteiger partial charge is 2.00 e. The molecule has 0 nitrogen and oxygen atoms in total. The van der Waals surface area contributed by atoms with Crippen molar-refractivity contribution in [2.45, 2.75) is 32.1 Å². The summed E-state index contributed by atoms with van der Waals surface area (Å²) in [5.74, 6) is 2.28. The predicted molar refractivity (Wildman–Crippen MR) is 226 cm³/mol. The molecule has 0 atom stereocenters. The van der Waals surface area contributed by atoms with Crippen molar-refractivity contribution in [3.8, 4) is 5.92 Å². The van der Waals surface area contributed by atoms with E-state index in [4.69, 9.17) is 6.42 Å². The van der Waals surface area contributed by atoms with Gasteiger partial charge in [0.15, 0.2) is 0 Å². The molecule has 0 unspecified atom stereocenters. The van der Waals surface area contributed by atoms with Crippen molar-refractivity contribution in [1.29, 1.82) is 0 Å². The van der Waals surface area contributed by atoms with Gasteiger partial charge in [-0.2, -0.15) is 0 Å². The first kappa shape index (κ1) is 40.4. The Labute approximate surface area is 327 Å². The standard InChI is InChI=1S/2C18H15P.C8H5.C5H10.Ru/c2*1-4-10-16(11-5-1)19(17-12-6-2-7-13-17)18-14-8-3-9-15-18;1-2-8-6-4-3-5-7-8;1-2-4-5-3-1;/h2*1-15H;3-7H;1-5H2;/q;;-1;;+2. The quantitative estimate of drug-likeness (QED) is 0.0681. The number of benzene rings is 7. The zero-order valence-electron chi connectivity index (χ0n) is 29.5. The van der Waals surface area contributed by atoms with Gasteiger partial charge in [0.2, 0.25) is 0 Å². The molecular formula is C49H45P2Ru+. The molecule has 0 spiro atoms. The zero-order valence-corrected chi connectivity index (χ0v) is 33.0. The molecule has 3 heteroatoms. The van der Waals surface area contributed by atoms with Gasteiger partial charge in [-0.05, 0) is 47.7 Å². The Morgan fingerprint density at radius 1 is 0.288 bits per heavy atom. The molecule has 0 radical (unpaired) electrons. The van der Waals surface area contributed by atoms with Crippen LogP contribution in [0, 0.1) is 12.3 Å². The van der Waals surface area contributed by atoms with Crippen molar-refractivity contribution in [2.24, 2.45) is 0 Å². The monoisotopic (exact) mass is 797 g/mol. The first-order valence-corrected chi connectivity index (χ1v) is 20.4. The van der Waals surface area contributed by atoms with Crippen molar-refractivity contribution < 1.29 is 19.5 Å². The molecule has 1 aliphatic rings. The van der Waals surface area contributed by atoms with E-state index in [1.165, 1.54) is 63.9 Å². The van der Waals surface area contributed by atoms with Gasteiger partial charge in [-0.15, -0.1) is 17.7 Å². The van der Waals surface area contributed by atoms with Crippen LogP contribution >= 0.6 is 15.8 Å². The number of rotatable bonds is 6. The van der Waals surface area contributed by atoms with Gasteiger partial charge in [0.05, 0.1) is 0 Å². The van der Waals surface area contributed by atoms with Crippen LogP contribution in [-0.2, 0) is 19.5 Å². The van der Waals surface area contributed by atoms with Gasteiger partial charge in [0.25, 0.3) is 0 Å². The summed E-state index contributed by atoms with van der Waals surface area (Å²) in [7, 11) is -0.892. The Kier molecular flexibility index (Phi) is 18.6. The Morgan fingerprint density at radius 2 is 0.462 bits per heavy atom. The summed E-state index contributed by atoms with van der Waals surface area (Å²) in [6.07, 6.45) is 14.2. The average Bonchev–Trinajstić information content (AvgIpc) is 3.83. The van der Waals surface area contributed by atoms with Crippen LogP contribution in [0.1, 0.15) is 37.7 Å². The predicted octanol–water partition coefficient (Wildman–Crippen LogP) is 10.5. The van der Waals surface area contributed by atoms with Crippen LogP contribution in [0.2, 0.25) is 0 Å². The third kappa shape index (κ3) is 13.3. The van der Waals surface area contributed by atoms with E-state index in [0.717, 1.165) is 5.56 Å². The van der Waals surface area contributed by atoms with Gasteiger partial charge in [0, 0.05) is 0 Å². The molecule has 0 heterocycles. The first-order chi connectivity index (χ1) is 25.3. The molecule has 1 fully saturated rings. The maximum atomic E-state index is 6.69. The Balaban J connectivity index is 0.000000172. The van der Waals surface area contributed by atoms with Crippen molar-refractivity contribution in [3.05, 3.63) is 224 Å². The molecule has 7 aromatic rings. The minimum absolute atomic E-state index is 0. The van der Waals surface area contributed by atoms with Gasteiger partial charge in [-0.3, -0.25) is 5.92 Å². The summed E-state index contributed by atoms with van der Waals surface area (Å²) < 4.78 is 0. The molecule has 0 N–H and O–H groups in total. The van der Waals surface area contributed by atoms with Crippen molar-refractivity contribution in [2.75, 3.05) is 0 Å². The first-order valence-electron chi connectivity index (χ1n) is 17.7. The average molecular weight is 797 g/mol. The molecule has 0 aromatic heterocycles. The minimum Gasteiger partial charge on any atom is -0.366 e. The Bertz CT molecular complexity index is 1630. The second-order valence-corrected chi connectivity index (χ2v) is 16.4. The molecule has 0 amide bonds. The van der Waals surface area contributed by atoms with E-state index < -0.39 is 15.8 Å². The fourth-order valence-electron chi connectivity index (χ4n) is 5.76. The Hall–Kier alpha value is -4.42. The number of hydrogen-bond donors (Lipinski definition) is 0. The van der Waals surface area contributed by atoms with E-state index in [2.05, 4.69) is 188 Å². The van der Waals surface area contributed by atoms with E-state index in [-0.39, 0.29) is 19.5 Å². The fourth-order valence-corrected chi connectivity index (χ4v) is 10.4. The SMILES string of the molecule is C1CCCC1.[C-]#Cc1ccccc1.[Ru+2].c1ccc(P(c2ccccc2)c2ccccc2)cc1.c1ccc(P(c2ccccc2)c2ccccc2)cc1. The van der Waals surface area contributed by atoms with Crippen LogP contribution in [0.3, 0.4) is 0 Å². The van der Waals surface area contributed by atoms with Crippen molar-refractivity contribution in [1.82, 2.24) is 0 Å². The van der Waals surface area contributed by atoms with Crippen molar-refractivity contribution >= 4 is 47.7 Å². The summed E-state index contributed by atoms with van der Waals surface area (Å²) >= 11 is 0.